The molecule has 0 aliphatic heterocycles. The molecule has 1 aromatic heterocycles. The Labute approximate surface area is 192 Å². The number of aromatic nitrogens is 1. The fourth-order valence-corrected chi connectivity index (χ4v) is 3.29. The monoisotopic (exact) mass is 449 g/mol. The average molecular weight is 450 g/mol. The Hall–Kier alpha value is -4.07. The zero-order valence-corrected chi connectivity index (χ0v) is 18.9. The first kappa shape index (κ1) is 23.6. The van der Waals surface area contributed by atoms with Crippen LogP contribution in [0.25, 0.3) is 0 Å². The van der Waals surface area contributed by atoms with E-state index in [1.807, 2.05) is 55.5 Å². The molecule has 0 bridgehead atoms. The molecule has 0 saturated carbocycles. The maximum Gasteiger partial charge on any atom is 0.407 e. The zero-order valence-electron chi connectivity index (χ0n) is 18.9. The second-order valence-corrected chi connectivity index (χ2v) is 7.57. The molecule has 3 aromatic rings. The highest BCUT2D eigenvalue weighted by atomic mass is 16.5. The maximum absolute atomic E-state index is 12.9. The van der Waals surface area contributed by atoms with Gasteiger partial charge in [-0.05, 0) is 48.2 Å². The van der Waals surface area contributed by atoms with Gasteiger partial charge in [0.2, 0.25) is 5.91 Å². The SMILES string of the molecule is COc1ccc(Cn2ccc(C)c(NC(=O)CNC(=O)OCc3ccccc3)c2=O)cc1C. The van der Waals surface area contributed by atoms with Gasteiger partial charge in [-0.3, -0.25) is 9.59 Å². The first-order valence-electron chi connectivity index (χ1n) is 10.5. The molecule has 0 aliphatic rings. The van der Waals surface area contributed by atoms with Gasteiger partial charge in [-0.25, -0.2) is 4.79 Å². The number of nitrogens with one attached hydrogen (secondary N) is 2. The van der Waals surface area contributed by atoms with Crippen LogP contribution in [-0.2, 0) is 22.7 Å². The van der Waals surface area contributed by atoms with E-state index in [0.29, 0.717) is 12.1 Å². The molecule has 0 unspecified atom stereocenters. The van der Waals surface area contributed by atoms with Crippen LogP contribution in [0.5, 0.6) is 5.75 Å². The molecule has 0 aliphatic carbocycles. The third-order valence-corrected chi connectivity index (χ3v) is 5.06. The molecule has 8 heteroatoms. The summed E-state index contributed by atoms with van der Waals surface area (Å²) in [7, 11) is 1.61. The van der Waals surface area contributed by atoms with Crippen molar-refractivity contribution in [3.05, 3.63) is 93.4 Å². The maximum atomic E-state index is 12.9. The van der Waals surface area contributed by atoms with Crippen molar-refractivity contribution < 1.29 is 19.1 Å². The molecule has 0 fully saturated rings. The lowest BCUT2D eigenvalue weighted by molar-refractivity contribution is -0.115. The molecule has 8 nitrogen and oxygen atoms in total. The Morgan fingerprint density at radius 3 is 2.42 bits per heavy atom. The number of rotatable bonds is 8. The van der Waals surface area contributed by atoms with E-state index < -0.39 is 12.0 Å². The van der Waals surface area contributed by atoms with Crippen LogP contribution in [-0.4, -0.2) is 30.2 Å². The number of methoxy groups -OCH3 is 1. The molecule has 33 heavy (non-hydrogen) atoms. The van der Waals surface area contributed by atoms with Crippen molar-refractivity contribution in [1.82, 2.24) is 9.88 Å². The molecule has 0 atom stereocenters. The van der Waals surface area contributed by atoms with E-state index in [1.165, 1.54) is 4.57 Å². The van der Waals surface area contributed by atoms with Gasteiger partial charge in [0.25, 0.3) is 5.56 Å². The largest absolute Gasteiger partial charge is 0.496 e. The third-order valence-electron chi connectivity index (χ3n) is 5.06. The molecule has 1 heterocycles. The van der Waals surface area contributed by atoms with Gasteiger partial charge in [0.1, 0.15) is 24.6 Å². The first-order chi connectivity index (χ1) is 15.9. The number of nitrogens with zero attached hydrogens (tertiary/aromatic N) is 1. The van der Waals surface area contributed by atoms with Crippen LogP contribution in [0.3, 0.4) is 0 Å². The summed E-state index contributed by atoms with van der Waals surface area (Å²) in [5, 5.41) is 4.99. The molecule has 2 N–H and O–H groups in total. The van der Waals surface area contributed by atoms with Crippen molar-refractivity contribution in [2.75, 3.05) is 19.0 Å². The molecule has 0 radical (unpaired) electrons. The Bertz CT molecular complexity index is 1190. The van der Waals surface area contributed by atoms with Crippen molar-refractivity contribution in [3.8, 4) is 5.75 Å². The van der Waals surface area contributed by atoms with Crippen LogP contribution < -0.4 is 20.9 Å². The van der Waals surface area contributed by atoms with Gasteiger partial charge < -0.3 is 24.7 Å². The average Bonchev–Trinajstić information content (AvgIpc) is 2.81. The lowest BCUT2D eigenvalue weighted by Crippen LogP contribution is -2.35. The number of pyridine rings is 1. The Morgan fingerprint density at radius 2 is 1.73 bits per heavy atom. The van der Waals surface area contributed by atoms with Crippen LogP contribution in [0.15, 0.2) is 65.6 Å². The van der Waals surface area contributed by atoms with Gasteiger partial charge in [-0.2, -0.15) is 0 Å². The van der Waals surface area contributed by atoms with Crippen LogP contribution in [0, 0.1) is 13.8 Å². The number of alkyl carbamates (subject to hydrolysis) is 1. The summed E-state index contributed by atoms with van der Waals surface area (Å²) in [6.45, 7) is 3.79. The van der Waals surface area contributed by atoms with Crippen molar-refractivity contribution >= 4 is 17.7 Å². The summed E-state index contributed by atoms with van der Waals surface area (Å²) >= 11 is 0. The van der Waals surface area contributed by atoms with Gasteiger partial charge in [-0.15, -0.1) is 0 Å². The molecule has 0 spiro atoms. The van der Waals surface area contributed by atoms with E-state index in [0.717, 1.165) is 22.4 Å². The molecule has 2 aromatic carbocycles. The third kappa shape index (κ3) is 6.46. The fraction of sp³-hybridized carbons (Fsp3) is 0.240. The molecule has 172 valence electrons. The molecule has 2 amide bonds. The predicted octanol–water partition coefficient (Wildman–Crippen LogP) is 3.39. The second-order valence-electron chi connectivity index (χ2n) is 7.57. The standard InChI is InChI=1S/C25H27N3O5/c1-17-11-12-28(15-20-9-10-21(32-3)18(2)13-20)24(30)23(17)27-22(29)14-26-25(31)33-16-19-7-5-4-6-8-19/h4-13H,14-16H2,1-3H3,(H,26,31)(H,27,29). The summed E-state index contributed by atoms with van der Waals surface area (Å²) in [5.74, 6) is 0.252. The Balaban J connectivity index is 1.59. The van der Waals surface area contributed by atoms with E-state index in [2.05, 4.69) is 10.6 Å². The van der Waals surface area contributed by atoms with Crippen LogP contribution in [0.1, 0.15) is 22.3 Å². The first-order valence-corrected chi connectivity index (χ1v) is 10.5. The highest BCUT2D eigenvalue weighted by Gasteiger charge is 2.13. The number of anilines is 1. The van der Waals surface area contributed by atoms with Crippen LogP contribution >= 0.6 is 0 Å². The van der Waals surface area contributed by atoms with Gasteiger partial charge in [0.05, 0.1) is 13.7 Å². The highest BCUT2D eigenvalue weighted by Crippen LogP contribution is 2.19. The van der Waals surface area contributed by atoms with E-state index in [1.54, 1.807) is 26.3 Å². The predicted molar refractivity (Wildman–Crippen MR) is 126 cm³/mol. The van der Waals surface area contributed by atoms with E-state index in [-0.39, 0.29) is 24.4 Å². The van der Waals surface area contributed by atoms with Crippen molar-refractivity contribution in [2.45, 2.75) is 27.0 Å². The molecule has 3 rings (SSSR count). The summed E-state index contributed by atoms with van der Waals surface area (Å²) in [4.78, 5) is 37.1. The van der Waals surface area contributed by atoms with Crippen molar-refractivity contribution in [3.63, 3.8) is 0 Å². The second kappa shape index (κ2) is 11.0. The highest BCUT2D eigenvalue weighted by molar-refractivity contribution is 5.94. The number of benzene rings is 2. The number of carbonyl (C=O) groups is 2. The number of amides is 2. The van der Waals surface area contributed by atoms with Crippen molar-refractivity contribution in [2.24, 2.45) is 0 Å². The van der Waals surface area contributed by atoms with E-state index in [9.17, 15) is 14.4 Å². The number of carbonyl (C=O) groups excluding carboxylic acids is 2. The summed E-state index contributed by atoms with van der Waals surface area (Å²) in [6, 6.07) is 16.7. The van der Waals surface area contributed by atoms with Crippen LogP contribution in [0.2, 0.25) is 0 Å². The van der Waals surface area contributed by atoms with Crippen LogP contribution in [0.4, 0.5) is 10.5 Å². The minimum absolute atomic E-state index is 0.0988. The molecular weight excluding hydrogens is 422 g/mol. The lowest BCUT2D eigenvalue weighted by Gasteiger charge is -2.13. The Kier molecular flexibility index (Phi) is 7.86. The zero-order chi connectivity index (χ0) is 23.8. The normalized spacial score (nSPS) is 10.4. The van der Waals surface area contributed by atoms with Crippen molar-refractivity contribution in [1.29, 1.82) is 0 Å². The Morgan fingerprint density at radius 1 is 0.970 bits per heavy atom. The van der Waals surface area contributed by atoms with E-state index in [4.69, 9.17) is 9.47 Å². The molecule has 0 saturated heterocycles. The van der Waals surface area contributed by atoms with Gasteiger partial charge in [0.15, 0.2) is 0 Å². The smallest absolute Gasteiger partial charge is 0.407 e. The van der Waals surface area contributed by atoms with Gasteiger partial charge >= 0.3 is 6.09 Å². The number of aryl methyl sites for hydroxylation is 2. The summed E-state index contributed by atoms with van der Waals surface area (Å²) < 4.78 is 11.9. The minimum Gasteiger partial charge on any atom is -0.496 e. The number of hydrogen-bond acceptors (Lipinski definition) is 5. The fourth-order valence-electron chi connectivity index (χ4n) is 3.29. The molecular formula is C25H27N3O5. The van der Waals surface area contributed by atoms with Gasteiger partial charge in [0, 0.05) is 6.20 Å². The van der Waals surface area contributed by atoms with E-state index >= 15 is 0 Å². The number of hydrogen-bond donors (Lipinski definition) is 2. The quantitative estimate of drug-likeness (QED) is 0.549. The minimum atomic E-state index is -0.717. The topological polar surface area (TPSA) is 98.7 Å². The van der Waals surface area contributed by atoms with Gasteiger partial charge in [-0.1, -0.05) is 42.5 Å². The summed E-state index contributed by atoms with van der Waals surface area (Å²) in [6.07, 6.45) is 0.970. The lowest BCUT2D eigenvalue weighted by atomic mass is 10.1. The number of ether oxygens (including phenoxy) is 2. The summed E-state index contributed by atoms with van der Waals surface area (Å²) in [5.41, 5.74) is 3.20.